The molecule has 86 valence electrons. The van der Waals surface area contributed by atoms with Gasteiger partial charge >= 0.3 is 0 Å². The third-order valence-corrected chi connectivity index (χ3v) is 3.18. The van der Waals surface area contributed by atoms with E-state index in [1.54, 1.807) is 0 Å². The maximum Gasteiger partial charge on any atom is 0.168 e. The van der Waals surface area contributed by atoms with Crippen LogP contribution in [0.5, 0.6) is 0 Å². The van der Waals surface area contributed by atoms with Gasteiger partial charge in [-0.2, -0.15) is 0 Å². The second-order valence-corrected chi connectivity index (χ2v) is 4.60. The summed E-state index contributed by atoms with van der Waals surface area (Å²) in [6, 6.07) is 6.02. The number of Topliss-reactive ketones (excluding diaryl/α,β-unsaturated/α-hetero) is 1. The summed E-state index contributed by atoms with van der Waals surface area (Å²) < 4.78 is 5.37. The van der Waals surface area contributed by atoms with Gasteiger partial charge in [0.1, 0.15) is 0 Å². The minimum absolute atomic E-state index is 0.0650. The van der Waals surface area contributed by atoms with Crippen LogP contribution in [-0.4, -0.2) is 19.0 Å². The van der Waals surface area contributed by atoms with Gasteiger partial charge in [0.05, 0.1) is 6.61 Å². The second kappa shape index (κ2) is 4.79. The van der Waals surface area contributed by atoms with Crippen LogP contribution >= 0.6 is 0 Å². The van der Waals surface area contributed by atoms with Gasteiger partial charge in [0.15, 0.2) is 5.78 Å². The molecule has 1 saturated heterocycles. The lowest BCUT2D eigenvalue weighted by Gasteiger charge is -2.21. The van der Waals surface area contributed by atoms with Gasteiger partial charge in [-0.25, -0.2) is 0 Å². The van der Waals surface area contributed by atoms with Crippen molar-refractivity contribution in [3.8, 4) is 0 Å². The van der Waals surface area contributed by atoms with Crippen molar-refractivity contribution in [2.75, 3.05) is 13.2 Å². The Morgan fingerprint density at radius 1 is 1.38 bits per heavy atom. The number of carbonyl (C=O) groups is 1. The highest BCUT2D eigenvalue weighted by Crippen LogP contribution is 2.21. The topological polar surface area (TPSA) is 26.3 Å². The zero-order valence-electron chi connectivity index (χ0n) is 9.95. The Morgan fingerprint density at radius 2 is 2.19 bits per heavy atom. The average molecular weight is 218 g/mol. The first-order valence-electron chi connectivity index (χ1n) is 5.87. The molecule has 1 aromatic carbocycles. The van der Waals surface area contributed by atoms with Crippen LogP contribution in [0.2, 0.25) is 0 Å². The van der Waals surface area contributed by atoms with E-state index < -0.39 is 0 Å². The van der Waals surface area contributed by atoms with Crippen LogP contribution < -0.4 is 0 Å². The molecule has 0 spiro atoms. The van der Waals surface area contributed by atoms with Crippen molar-refractivity contribution in [1.29, 1.82) is 0 Å². The Balaban J connectivity index is 2.19. The molecule has 0 N–H and O–H groups in total. The fourth-order valence-electron chi connectivity index (χ4n) is 2.26. The smallest absolute Gasteiger partial charge is 0.168 e. The van der Waals surface area contributed by atoms with Crippen LogP contribution in [0.25, 0.3) is 0 Å². The van der Waals surface area contributed by atoms with E-state index in [1.807, 2.05) is 26.0 Å². The largest absolute Gasteiger partial charge is 0.381 e. The normalized spacial score (nSPS) is 20.8. The van der Waals surface area contributed by atoms with Crippen LogP contribution in [0, 0.1) is 19.8 Å². The van der Waals surface area contributed by atoms with E-state index in [0.29, 0.717) is 6.61 Å². The van der Waals surface area contributed by atoms with E-state index in [2.05, 4.69) is 6.07 Å². The minimum atomic E-state index is 0.0650. The first-order chi connectivity index (χ1) is 7.68. The molecule has 2 heteroatoms. The maximum atomic E-state index is 12.3. The third-order valence-electron chi connectivity index (χ3n) is 3.18. The van der Waals surface area contributed by atoms with Crippen LogP contribution in [0.3, 0.4) is 0 Å². The molecule has 0 amide bonds. The highest BCUT2D eigenvalue weighted by molar-refractivity contribution is 5.99. The summed E-state index contributed by atoms with van der Waals surface area (Å²) in [7, 11) is 0. The number of rotatable bonds is 2. The van der Waals surface area contributed by atoms with Gasteiger partial charge in [-0.05, 0) is 32.3 Å². The molecule has 1 fully saturated rings. The van der Waals surface area contributed by atoms with Crippen molar-refractivity contribution in [2.24, 2.45) is 5.92 Å². The molecule has 1 aliphatic rings. The number of hydrogen-bond donors (Lipinski definition) is 0. The van der Waals surface area contributed by atoms with Gasteiger partial charge in [0.25, 0.3) is 0 Å². The fourth-order valence-corrected chi connectivity index (χ4v) is 2.26. The van der Waals surface area contributed by atoms with Crippen molar-refractivity contribution in [3.63, 3.8) is 0 Å². The summed E-state index contributed by atoms with van der Waals surface area (Å²) in [5.41, 5.74) is 3.14. The van der Waals surface area contributed by atoms with Crippen molar-refractivity contribution in [1.82, 2.24) is 0 Å². The predicted molar refractivity (Wildman–Crippen MR) is 63.8 cm³/mol. The van der Waals surface area contributed by atoms with Crippen molar-refractivity contribution in [3.05, 3.63) is 34.9 Å². The Bertz CT molecular complexity index is 390. The Hall–Kier alpha value is -1.15. The molecule has 1 atom stereocenters. The van der Waals surface area contributed by atoms with Crippen LogP contribution in [0.1, 0.15) is 34.3 Å². The highest BCUT2D eigenvalue weighted by atomic mass is 16.5. The summed E-state index contributed by atoms with van der Waals surface area (Å²) in [5, 5.41) is 0. The summed E-state index contributed by atoms with van der Waals surface area (Å²) in [6.45, 7) is 5.44. The molecule has 1 aliphatic heterocycles. The number of carbonyl (C=O) groups excluding carboxylic acids is 1. The number of ether oxygens (including phenoxy) is 1. The van der Waals surface area contributed by atoms with E-state index in [9.17, 15) is 4.79 Å². The summed E-state index contributed by atoms with van der Waals surface area (Å²) in [4.78, 5) is 12.3. The maximum absolute atomic E-state index is 12.3. The van der Waals surface area contributed by atoms with E-state index in [-0.39, 0.29) is 11.7 Å². The van der Waals surface area contributed by atoms with Crippen molar-refractivity contribution >= 4 is 5.78 Å². The lowest BCUT2D eigenvalue weighted by molar-refractivity contribution is 0.0461. The minimum Gasteiger partial charge on any atom is -0.381 e. The summed E-state index contributed by atoms with van der Waals surface area (Å²) in [6.07, 6.45) is 1.97. The van der Waals surface area contributed by atoms with Gasteiger partial charge in [0.2, 0.25) is 0 Å². The van der Waals surface area contributed by atoms with Gasteiger partial charge in [0, 0.05) is 18.1 Å². The molecule has 1 aromatic rings. The quantitative estimate of drug-likeness (QED) is 0.713. The van der Waals surface area contributed by atoms with Gasteiger partial charge in [-0.1, -0.05) is 23.8 Å². The molecule has 0 aromatic heterocycles. The Labute approximate surface area is 96.6 Å². The molecule has 0 radical (unpaired) electrons. The van der Waals surface area contributed by atoms with Gasteiger partial charge in [-0.3, -0.25) is 4.79 Å². The zero-order chi connectivity index (χ0) is 11.5. The molecule has 0 bridgehead atoms. The fraction of sp³-hybridized carbons (Fsp3) is 0.500. The first-order valence-corrected chi connectivity index (χ1v) is 5.87. The monoisotopic (exact) mass is 218 g/mol. The third kappa shape index (κ3) is 2.33. The number of hydrogen-bond acceptors (Lipinski definition) is 2. The first kappa shape index (κ1) is 11.3. The molecular weight excluding hydrogens is 200 g/mol. The summed E-state index contributed by atoms with van der Waals surface area (Å²) >= 11 is 0. The highest BCUT2D eigenvalue weighted by Gasteiger charge is 2.23. The van der Waals surface area contributed by atoms with E-state index in [4.69, 9.17) is 4.74 Å². The predicted octanol–water partition coefficient (Wildman–Crippen LogP) is 2.91. The zero-order valence-corrected chi connectivity index (χ0v) is 9.95. The van der Waals surface area contributed by atoms with Crippen LogP contribution in [0.15, 0.2) is 18.2 Å². The lowest BCUT2D eigenvalue weighted by Crippen LogP contribution is -2.25. The molecule has 0 aliphatic carbocycles. The van der Waals surface area contributed by atoms with Crippen molar-refractivity contribution < 1.29 is 9.53 Å². The SMILES string of the molecule is Cc1ccc(C(=O)C2CCCOC2)c(C)c1. The molecule has 0 saturated carbocycles. The Kier molecular flexibility index (Phi) is 3.39. The van der Waals surface area contributed by atoms with Gasteiger partial charge in [-0.15, -0.1) is 0 Å². The van der Waals surface area contributed by atoms with Crippen LogP contribution in [-0.2, 0) is 4.74 Å². The molecule has 1 heterocycles. The lowest BCUT2D eigenvalue weighted by atomic mass is 9.90. The summed E-state index contributed by atoms with van der Waals surface area (Å²) in [5.74, 6) is 0.312. The van der Waals surface area contributed by atoms with E-state index in [1.165, 1.54) is 5.56 Å². The Morgan fingerprint density at radius 3 is 2.81 bits per heavy atom. The van der Waals surface area contributed by atoms with Crippen molar-refractivity contribution in [2.45, 2.75) is 26.7 Å². The number of benzene rings is 1. The molecule has 16 heavy (non-hydrogen) atoms. The second-order valence-electron chi connectivity index (χ2n) is 4.60. The van der Waals surface area contributed by atoms with E-state index >= 15 is 0 Å². The molecule has 2 nitrogen and oxygen atoms in total. The standard InChI is InChI=1S/C14H18O2/c1-10-5-6-13(11(2)8-10)14(15)12-4-3-7-16-9-12/h5-6,8,12H,3-4,7,9H2,1-2H3. The molecule has 1 unspecified atom stereocenters. The van der Waals surface area contributed by atoms with Gasteiger partial charge < -0.3 is 4.74 Å². The molecular formula is C14H18O2. The average Bonchev–Trinajstić information content (AvgIpc) is 2.29. The number of ketones is 1. The molecule has 2 rings (SSSR count). The van der Waals surface area contributed by atoms with Crippen LogP contribution in [0.4, 0.5) is 0 Å². The number of aryl methyl sites for hydroxylation is 2. The van der Waals surface area contributed by atoms with E-state index in [0.717, 1.165) is 30.6 Å².